The zero-order chi connectivity index (χ0) is 15.0. The second-order valence-corrected chi connectivity index (χ2v) is 5.30. The summed E-state index contributed by atoms with van der Waals surface area (Å²) in [5, 5.41) is 3.41. The lowest BCUT2D eigenvalue weighted by molar-refractivity contribution is -0.128. The Morgan fingerprint density at radius 1 is 1.40 bits per heavy atom. The summed E-state index contributed by atoms with van der Waals surface area (Å²) in [6.07, 6.45) is 1.01. The van der Waals surface area contributed by atoms with E-state index in [0.717, 1.165) is 13.0 Å². The largest absolute Gasteiger partial charge is 0.479 e. The second kappa shape index (κ2) is 8.82. The first-order valence-corrected chi connectivity index (χ1v) is 7.26. The summed E-state index contributed by atoms with van der Waals surface area (Å²) in [6, 6.07) is 7.18. The number of ether oxygens (including phenoxy) is 1. The fourth-order valence-corrected chi connectivity index (χ4v) is 1.92. The zero-order valence-electron chi connectivity index (χ0n) is 12.4. The van der Waals surface area contributed by atoms with E-state index in [4.69, 9.17) is 16.3 Å². The molecule has 0 aliphatic rings. The Morgan fingerprint density at radius 3 is 2.70 bits per heavy atom. The lowest BCUT2D eigenvalue weighted by Crippen LogP contribution is -2.39. The smallest absolute Gasteiger partial charge is 0.261 e. The van der Waals surface area contributed by atoms with E-state index in [9.17, 15) is 4.79 Å². The SMILES string of the molecule is CC[C@@H](Oc1ccccc1Cl)C(=O)NCCCN(C)C. The van der Waals surface area contributed by atoms with Crippen LogP contribution in [0.2, 0.25) is 5.02 Å². The molecule has 1 N–H and O–H groups in total. The summed E-state index contributed by atoms with van der Waals surface area (Å²) in [7, 11) is 4.02. The number of carbonyl (C=O) groups is 1. The maximum Gasteiger partial charge on any atom is 0.261 e. The molecule has 0 spiro atoms. The first-order valence-electron chi connectivity index (χ1n) is 6.88. The highest BCUT2D eigenvalue weighted by Gasteiger charge is 2.18. The number of nitrogens with zero attached hydrogens (tertiary/aromatic N) is 1. The molecule has 0 aliphatic carbocycles. The van der Waals surface area contributed by atoms with Crippen molar-refractivity contribution in [3.05, 3.63) is 29.3 Å². The molecular weight excluding hydrogens is 276 g/mol. The normalized spacial score (nSPS) is 12.2. The standard InChI is InChI=1S/C15H23ClN2O2/c1-4-13(15(19)17-10-7-11-18(2)3)20-14-9-6-5-8-12(14)16/h5-6,8-9,13H,4,7,10-11H2,1-3H3,(H,17,19)/t13-/m1/s1. The summed E-state index contributed by atoms with van der Waals surface area (Å²) in [4.78, 5) is 14.1. The number of hydrogen-bond donors (Lipinski definition) is 1. The minimum absolute atomic E-state index is 0.0915. The van der Waals surface area contributed by atoms with Crippen LogP contribution in [0.1, 0.15) is 19.8 Å². The van der Waals surface area contributed by atoms with Crippen LogP contribution in [-0.2, 0) is 4.79 Å². The number of amides is 1. The monoisotopic (exact) mass is 298 g/mol. The van der Waals surface area contributed by atoms with E-state index < -0.39 is 6.10 Å². The van der Waals surface area contributed by atoms with Crippen molar-refractivity contribution in [1.82, 2.24) is 10.2 Å². The highest BCUT2D eigenvalue weighted by molar-refractivity contribution is 6.32. The number of halogens is 1. The molecule has 0 radical (unpaired) electrons. The van der Waals surface area contributed by atoms with Crippen molar-refractivity contribution in [2.45, 2.75) is 25.9 Å². The van der Waals surface area contributed by atoms with E-state index in [1.807, 2.05) is 33.2 Å². The predicted molar refractivity (Wildman–Crippen MR) is 82.3 cm³/mol. The molecule has 112 valence electrons. The molecule has 1 aromatic carbocycles. The third-order valence-electron chi connectivity index (χ3n) is 2.85. The number of hydrogen-bond acceptors (Lipinski definition) is 3. The molecule has 1 atom stereocenters. The van der Waals surface area contributed by atoms with Gasteiger partial charge in [0.2, 0.25) is 0 Å². The molecule has 0 bridgehead atoms. The number of carbonyl (C=O) groups excluding carboxylic acids is 1. The number of benzene rings is 1. The minimum atomic E-state index is -0.505. The summed E-state index contributed by atoms with van der Waals surface area (Å²) in [5.74, 6) is 0.454. The molecule has 1 rings (SSSR count). The van der Waals surface area contributed by atoms with Gasteiger partial charge in [-0.3, -0.25) is 4.79 Å². The van der Waals surface area contributed by atoms with Crippen LogP contribution in [0.4, 0.5) is 0 Å². The van der Waals surface area contributed by atoms with E-state index in [0.29, 0.717) is 23.7 Å². The van der Waals surface area contributed by atoms with Crippen molar-refractivity contribution in [2.75, 3.05) is 27.2 Å². The Morgan fingerprint density at radius 2 is 2.10 bits per heavy atom. The summed E-state index contributed by atoms with van der Waals surface area (Å²) in [5.41, 5.74) is 0. The predicted octanol–water partition coefficient (Wildman–Crippen LogP) is 2.57. The van der Waals surface area contributed by atoms with Crippen molar-refractivity contribution < 1.29 is 9.53 Å². The van der Waals surface area contributed by atoms with Crippen molar-refractivity contribution in [1.29, 1.82) is 0 Å². The number of para-hydroxylation sites is 1. The van der Waals surface area contributed by atoms with Crippen molar-refractivity contribution in [3.63, 3.8) is 0 Å². The summed E-state index contributed by atoms with van der Waals surface area (Å²) >= 11 is 6.03. The average Bonchev–Trinajstić information content (AvgIpc) is 2.42. The van der Waals surface area contributed by atoms with E-state index in [1.54, 1.807) is 12.1 Å². The molecule has 5 heteroatoms. The molecular formula is C15H23ClN2O2. The maximum absolute atomic E-state index is 12.0. The molecule has 0 saturated heterocycles. The van der Waals surface area contributed by atoms with Gasteiger partial charge >= 0.3 is 0 Å². The van der Waals surface area contributed by atoms with Crippen molar-refractivity contribution >= 4 is 17.5 Å². The third-order valence-corrected chi connectivity index (χ3v) is 3.16. The van der Waals surface area contributed by atoms with Crippen LogP contribution >= 0.6 is 11.6 Å². The van der Waals surface area contributed by atoms with Crippen molar-refractivity contribution in [2.24, 2.45) is 0 Å². The van der Waals surface area contributed by atoms with Gasteiger partial charge in [-0.25, -0.2) is 0 Å². The Balaban J connectivity index is 2.45. The van der Waals surface area contributed by atoms with Gasteiger partial charge in [-0.15, -0.1) is 0 Å². The molecule has 0 unspecified atom stereocenters. The topological polar surface area (TPSA) is 41.6 Å². The van der Waals surface area contributed by atoms with E-state index in [-0.39, 0.29) is 5.91 Å². The summed E-state index contributed by atoms with van der Waals surface area (Å²) < 4.78 is 5.68. The van der Waals surface area contributed by atoms with Crippen LogP contribution < -0.4 is 10.1 Å². The average molecular weight is 299 g/mol. The van der Waals surface area contributed by atoms with Gasteiger partial charge < -0.3 is 15.0 Å². The quantitative estimate of drug-likeness (QED) is 0.750. The van der Waals surface area contributed by atoms with E-state index >= 15 is 0 Å². The first kappa shape index (κ1) is 16.8. The van der Waals surface area contributed by atoms with Gasteiger partial charge in [0.1, 0.15) is 5.75 Å². The fourth-order valence-electron chi connectivity index (χ4n) is 1.74. The fraction of sp³-hybridized carbons (Fsp3) is 0.533. The van der Waals surface area contributed by atoms with Crippen LogP contribution in [0.15, 0.2) is 24.3 Å². The molecule has 20 heavy (non-hydrogen) atoms. The second-order valence-electron chi connectivity index (χ2n) is 4.89. The van der Waals surface area contributed by atoms with Gasteiger partial charge in [-0.1, -0.05) is 30.7 Å². The molecule has 0 saturated carbocycles. The molecule has 0 aliphatic heterocycles. The molecule has 4 nitrogen and oxygen atoms in total. The molecule has 0 aromatic heterocycles. The highest BCUT2D eigenvalue weighted by Crippen LogP contribution is 2.24. The Labute approximate surface area is 126 Å². The van der Waals surface area contributed by atoms with Gasteiger partial charge in [0.05, 0.1) is 5.02 Å². The van der Waals surface area contributed by atoms with Gasteiger partial charge in [0.15, 0.2) is 6.10 Å². The minimum Gasteiger partial charge on any atom is -0.479 e. The van der Waals surface area contributed by atoms with Crippen LogP contribution in [0.25, 0.3) is 0 Å². The Kier molecular flexibility index (Phi) is 7.41. The molecule has 1 amide bonds. The zero-order valence-corrected chi connectivity index (χ0v) is 13.1. The van der Waals surface area contributed by atoms with Crippen LogP contribution in [0.3, 0.4) is 0 Å². The summed E-state index contributed by atoms with van der Waals surface area (Å²) in [6.45, 7) is 3.52. The van der Waals surface area contributed by atoms with Gasteiger partial charge in [0.25, 0.3) is 5.91 Å². The highest BCUT2D eigenvalue weighted by atomic mass is 35.5. The Hall–Kier alpha value is -1.26. The molecule has 0 fully saturated rings. The van der Waals surface area contributed by atoms with Gasteiger partial charge in [0, 0.05) is 6.54 Å². The third kappa shape index (κ3) is 5.80. The van der Waals surface area contributed by atoms with Gasteiger partial charge in [-0.2, -0.15) is 0 Å². The van der Waals surface area contributed by atoms with Gasteiger partial charge in [-0.05, 0) is 45.6 Å². The lowest BCUT2D eigenvalue weighted by Gasteiger charge is -2.18. The molecule has 1 aromatic rings. The lowest BCUT2D eigenvalue weighted by atomic mass is 10.2. The Bertz CT molecular complexity index is 424. The van der Waals surface area contributed by atoms with Crippen molar-refractivity contribution in [3.8, 4) is 5.75 Å². The van der Waals surface area contributed by atoms with E-state index in [2.05, 4.69) is 10.2 Å². The maximum atomic E-state index is 12.0. The van der Waals surface area contributed by atoms with Crippen LogP contribution in [-0.4, -0.2) is 44.1 Å². The van der Waals surface area contributed by atoms with Crippen LogP contribution in [0.5, 0.6) is 5.75 Å². The number of rotatable bonds is 8. The number of nitrogens with one attached hydrogen (secondary N) is 1. The van der Waals surface area contributed by atoms with E-state index in [1.165, 1.54) is 0 Å². The van der Waals surface area contributed by atoms with Crippen LogP contribution in [0, 0.1) is 0 Å². The first-order chi connectivity index (χ1) is 9.54. The molecule has 0 heterocycles.